The van der Waals surface area contributed by atoms with E-state index >= 15 is 0 Å². The number of hydrogen-bond donors (Lipinski definition) is 1. The molecular formula is C31H28N2O3S. The monoisotopic (exact) mass is 508 g/mol. The van der Waals surface area contributed by atoms with Crippen LogP contribution in [0.2, 0.25) is 0 Å². The first-order chi connectivity index (χ1) is 18.2. The van der Waals surface area contributed by atoms with E-state index in [2.05, 4.69) is 28.5 Å². The number of likely N-dealkylation sites (tertiary alicyclic amines) is 1. The normalized spacial score (nSPS) is 13.8. The lowest BCUT2D eigenvalue weighted by Gasteiger charge is -2.15. The zero-order chi connectivity index (χ0) is 25.2. The van der Waals surface area contributed by atoms with Gasteiger partial charge in [0, 0.05) is 17.5 Å². The smallest absolute Gasteiger partial charge is 0.262 e. The molecule has 1 saturated heterocycles. The fraction of sp³-hybridized carbons (Fsp3) is 0.194. The maximum Gasteiger partial charge on any atom is 0.262 e. The van der Waals surface area contributed by atoms with Crippen LogP contribution in [0, 0.1) is 0 Å². The van der Waals surface area contributed by atoms with Crippen molar-refractivity contribution in [1.82, 2.24) is 9.47 Å². The molecule has 186 valence electrons. The van der Waals surface area contributed by atoms with Crippen molar-refractivity contribution >= 4 is 28.1 Å². The minimum atomic E-state index is -0.117. The number of hydrogen-bond acceptors (Lipinski definition) is 5. The van der Waals surface area contributed by atoms with E-state index in [1.807, 2.05) is 48.5 Å². The van der Waals surface area contributed by atoms with Gasteiger partial charge in [-0.05, 0) is 97.0 Å². The predicted octanol–water partition coefficient (Wildman–Crippen LogP) is 6.91. The van der Waals surface area contributed by atoms with Gasteiger partial charge in [0.2, 0.25) is 0 Å². The minimum absolute atomic E-state index is 0.117. The van der Waals surface area contributed by atoms with Crippen LogP contribution in [0.15, 0.2) is 90.3 Å². The number of carbonyl (C=O) groups is 1. The summed E-state index contributed by atoms with van der Waals surface area (Å²) in [6.45, 7) is 3.88. The van der Waals surface area contributed by atoms with Gasteiger partial charge in [0.05, 0.1) is 16.1 Å². The molecule has 0 aliphatic carbocycles. The van der Waals surface area contributed by atoms with Gasteiger partial charge in [-0.1, -0.05) is 30.3 Å². The summed E-state index contributed by atoms with van der Waals surface area (Å²) in [6.07, 6.45) is 2.54. The summed E-state index contributed by atoms with van der Waals surface area (Å²) >= 11 is 1.61. The molecule has 3 heterocycles. The summed E-state index contributed by atoms with van der Waals surface area (Å²) in [5.74, 6) is 0.827. The van der Waals surface area contributed by atoms with E-state index in [9.17, 15) is 9.90 Å². The van der Waals surface area contributed by atoms with E-state index in [-0.39, 0.29) is 11.7 Å². The largest absolute Gasteiger partial charge is 0.508 e. The van der Waals surface area contributed by atoms with Gasteiger partial charge in [0.25, 0.3) is 5.91 Å². The number of carbonyl (C=O) groups excluding carboxylic acids is 1. The third-order valence-corrected chi connectivity index (χ3v) is 7.88. The highest BCUT2D eigenvalue weighted by molar-refractivity contribution is 7.14. The second-order valence-electron chi connectivity index (χ2n) is 9.40. The molecule has 6 heteroatoms. The van der Waals surface area contributed by atoms with Crippen LogP contribution < -0.4 is 4.74 Å². The van der Waals surface area contributed by atoms with E-state index < -0.39 is 0 Å². The Morgan fingerprint density at radius 1 is 0.892 bits per heavy atom. The Bertz CT molecular complexity index is 1530. The van der Waals surface area contributed by atoms with Crippen LogP contribution in [0.1, 0.15) is 23.2 Å². The van der Waals surface area contributed by atoms with Crippen molar-refractivity contribution in [3.05, 3.63) is 95.9 Å². The SMILES string of the molecule is O=C(c1ccc(OCCN2CCCC2)cc1)n1c(-c2cc(-c3ccccc3)cs2)cc2cc(O)ccc21. The Morgan fingerprint density at radius 3 is 2.46 bits per heavy atom. The fourth-order valence-electron chi connectivity index (χ4n) is 4.98. The number of aromatic hydroxyl groups is 1. The Labute approximate surface area is 220 Å². The van der Waals surface area contributed by atoms with Gasteiger partial charge in [-0.25, -0.2) is 0 Å². The average Bonchev–Trinajstić information content (AvgIpc) is 3.69. The van der Waals surface area contributed by atoms with Crippen molar-refractivity contribution in [3.8, 4) is 33.2 Å². The second kappa shape index (κ2) is 10.2. The molecule has 1 aliphatic heterocycles. The molecule has 2 aromatic heterocycles. The molecule has 0 unspecified atom stereocenters. The predicted molar refractivity (Wildman–Crippen MR) is 150 cm³/mol. The van der Waals surface area contributed by atoms with Crippen LogP contribution in [0.5, 0.6) is 11.5 Å². The molecule has 0 amide bonds. The van der Waals surface area contributed by atoms with Gasteiger partial charge < -0.3 is 9.84 Å². The average molecular weight is 509 g/mol. The third-order valence-electron chi connectivity index (χ3n) is 6.92. The highest BCUT2D eigenvalue weighted by atomic mass is 32.1. The summed E-state index contributed by atoms with van der Waals surface area (Å²) in [4.78, 5) is 17.2. The van der Waals surface area contributed by atoms with Crippen LogP contribution in [0.25, 0.3) is 32.6 Å². The van der Waals surface area contributed by atoms with Crippen molar-refractivity contribution in [2.45, 2.75) is 12.8 Å². The van der Waals surface area contributed by atoms with Gasteiger partial charge in [-0.15, -0.1) is 11.3 Å². The number of thiophene rings is 1. The molecular weight excluding hydrogens is 480 g/mol. The molecule has 1 aliphatic rings. The minimum Gasteiger partial charge on any atom is -0.508 e. The highest BCUT2D eigenvalue weighted by Crippen LogP contribution is 2.37. The topological polar surface area (TPSA) is 54.7 Å². The van der Waals surface area contributed by atoms with Crippen molar-refractivity contribution < 1.29 is 14.6 Å². The van der Waals surface area contributed by atoms with E-state index in [4.69, 9.17) is 4.74 Å². The van der Waals surface area contributed by atoms with E-state index in [0.717, 1.165) is 58.0 Å². The van der Waals surface area contributed by atoms with Crippen LogP contribution >= 0.6 is 11.3 Å². The second-order valence-corrected chi connectivity index (χ2v) is 10.3. The molecule has 5 nitrogen and oxygen atoms in total. The van der Waals surface area contributed by atoms with Crippen molar-refractivity contribution in [1.29, 1.82) is 0 Å². The lowest BCUT2D eigenvalue weighted by atomic mass is 10.1. The van der Waals surface area contributed by atoms with Gasteiger partial charge in [-0.3, -0.25) is 14.3 Å². The molecule has 37 heavy (non-hydrogen) atoms. The summed E-state index contributed by atoms with van der Waals surface area (Å²) in [5.41, 5.74) is 4.40. The van der Waals surface area contributed by atoms with Crippen LogP contribution in [0.4, 0.5) is 0 Å². The van der Waals surface area contributed by atoms with Crippen LogP contribution in [-0.2, 0) is 0 Å². The van der Waals surface area contributed by atoms with E-state index in [1.165, 1.54) is 12.8 Å². The molecule has 3 aromatic carbocycles. The molecule has 1 N–H and O–H groups in total. The van der Waals surface area contributed by atoms with Crippen molar-refractivity contribution in [3.63, 3.8) is 0 Å². The van der Waals surface area contributed by atoms with Crippen molar-refractivity contribution in [2.75, 3.05) is 26.2 Å². The Kier molecular flexibility index (Phi) is 6.51. The van der Waals surface area contributed by atoms with Gasteiger partial charge in [0.1, 0.15) is 18.1 Å². The Morgan fingerprint density at radius 2 is 1.68 bits per heavy atom. The summed E-state index contributed by atoms with van der Waals surface area (Å²) in [5, 5.41) is 13.0. The van der Waals surface area contributed by atoms with E-state index in [0.29, 0.717) is 12.2 Å². The van der Waals surface area contributed by atoms with E-state index in [1.54, 1.807) is 34.1 Å². The number of ether oxygens (including phenoxy) is 1. The van der Waals surface area contributed by atoms with Gasteiger partial charge >= 0.3 is 0 Å². The lowest BCUT2D eigenvalue weighted by Crippen LogP contribution is -2.25. The third kappa shape index (κ3) is 4.90. The molecule has 0 bridgehead atoms. The molecule has 0 saturated carbocycles. The van der Waals surface area contributed by atoms with Crippen LogP contribution in [0.3, 0.4) is 0 Å². The Hall–Kier alpha value is -3.87. The van der Waals surface area contributed by atoms with Gasteiger partial charge in [-0.2, -0.15) is 0 Å². The summed E-state index contributed by atoms with van der Waals surface area (Å²) in [7, 11) is 0. The molecule has 1 fully saturated rings. The van der Waals surface area contributed by atoms with Crippen LogP contribution in [-0.4, -0.2) is 46.7 Å². The van der Waals surface area contributed by atoms with Crippen molar-refractivity contribution in [2.24, 2.45) is 0 Å². The maximum absolute atomic E-state index is 13.8. The number of fused-ring (bicyclic) bond motifs is 1. The number of phenols is 1. The lowest BCUT2D eigenvalue weighted by molar-refractivity contribution is 0.0966. The molecule has 6 rings (SSSR count). The zero-order valence-corrected chi connectivity index (χ0v) is 21.3. The summed E-state index contributed by atoms with van der Waals surface area (Å²) < 4.78 is 7.68. The number of benzene rings is 3. The number of phenolic OH excluding ortho intramolecular Hbond substituents is 1. The van der Waals surface area contributed by atoms with Gasteiger partial charge in [0.15, 0.2) is 0 Å². The quantitative estimate of drug-likeness (QED) is 0.260. The fourth-order valence-corrected chi connectivity index (χ4v) is 5.90. The number of rotatable bonds is 7. The molecule has 5 aromatic rings. The molecule has 0 atom stereocenters. The Balaban J connectivity index is 1.30. The zero-order valence-electron chi connectivity index (χ0n) is 20.5. The first kappa shape index (κ1) is 23.5. The number of aromatic nitrogens is 1. The molecule has 0 radical (unpaired) electrons. The summed E-state index contributed by atoms with van der Waals surface area (Å²) in [6, 6.07) is 26.8. The first-order valence-corrected chi connectivity index (χ1v) is 13.5. The maximum atomic E-state index is 13.8. The highest BCUT2D eigenvalue weighted by Gasteiger charge is 2.20. The first-order valence-electron chi connectivity index (χ1n) is 12.6. The molecule has 0 spiro atoms. The number of nitrogens with zero attached hydrogens (tertiary/aromatic N) is 2. The standard InChI is InChI=1S/C31H28N2O3S/c34-26-10-13-28-24(18-26)19-29(30-20-25(21-37-30)22-6-2-1-3-7-22)33(28)31(35)23-8-11-27(12-9-23)36-17-16-32-14-4-5-15-32/h1-3,6-13,18-21,34H,4-5,14-17H2.